The van der Waals surface area contributed by atoms with Gasteiger partial charge in [0.15, 0.2) is 5.96 Å². The molecule has 2 aliphatic heterocycles. The highest BCUT2D eigenvalue weighted by atomic mass is 16.2. The number of carbonyl (C=O) groups is 1. The molecular formula is C20H36N8O. The second kappa shape index (κ2) is 10.1. The molecule has 2 aliphatic rings. The van der Waals surface area contributed by atoms with Gasteiger partial charge in [0.2, 0.25) is 5.91 Å². The van der Waals surface area contributed by atoms with Crippen LogP contribution in [0.1, 0.15) is 13.8 Å². The largest absolute Gasteiger partial charge is 0.356 e. The Labute approximate surface area is 174 Å². The maximum Gasteiger partial charge on any atom is 0.246 e. The fourth-order valence-corrected chi connectivity index (χ4v) is 4.07. The summed E-state index contributed by atoms with van der Waals surface area (Å²) >= 11 is 0. The van der Waals surface area contributed by atoms with Crippen LogP contribution >= 0.6 is 0 Å². The van der Waals surface area contributed by atoms with Crippen molar-refractivity contribution in [2.24, 2.45) is 18.0 Å². The molecule has 162 valence electrons. The van der Waals surface area contributed by atoms with Gasteiger partial charge in [0.25, 0.3) is 0 Å². The number of carbonyl (C=O) groups excluding carboxylic acids is 1. The zero-order valence-corrected chi connectivity index (χ0v) is 18.3. The molecule has 1 amide bonds. The maximum atomic E-state index is 12.6. The predicted octanol–water partition coefficient (Wildman–Crippen LogP) is -0.0823. The van der Waals surface area contributed by atoms with E-state index in [4.69, 9.17) is 0 Å². The molecule has 2 saturated heterocycles. The van der Waals surface area contributed by atoms with Crippen molar-refractivity contribution in [3.63, 3.8) is 0 Å². The van der Waals surface area contributed by atoms with E-state index >= 15 is 0 Å². The first kappa shape index (κ1) is 21.6. The molecule has 3 rings (SSSR count). The van der Waals surface area contributed by atoms with Crippen LogP contribution in [0.15, 0.2) is 17.4 Å². The van der Waals surface area contributed by atoms with Crippen LogP contribution in [0, 0.1) is 5.92 Å². The normalized spacial score (nSPS) is 21.0. The lowest BCUT2D eigenvalue weighted by Gasteiger charge is -2.37. The number of guanidine groups is 1. The van der Waals surface area contributed by atoms with E-state index in [2.05, 4.69) is 39.1 Å². The zero-order chi connectivity index (χ0) is 20.8. The van der Waals surface area contributed by atoms with Gasteiger partial charge < -0.3 is 24.9 Å². The van der Waals surface area contributed by atoms with E-state index < -0.39 is 0 Å². The first-order valence-electron chi connectivity index (χ1n) is 10.7. The van der Waals surface area contributed by atoms with Crippen LogP contribution in [0.25, 0.3) is 0 Å². The fraction of sp³-hybridized carbons (Fsp3) is 0.750. The summed E-state index contributed by atoms with van der Waals surface area (Å²) in [6.45, 7) is 14.0. The van der Waals surface area contributed by atoms with Crippen molar-refractivity contribution in [3.05, 3.63) is 12.4 Å². The van der Waals surface area contributed by atoms with Crippen molar-refractivity contribution >= 4 is 17.6 Å². The summed E-state index contributed by atoms with van der Waals surface area (Å²) in [6, 6.07) is 0. The summed E-state index contributed by atoms with van der Waals surface area (Å²) in [7, 11) is 3.65. The molecule has 9 nitrogen and oxygen atoms in total. The highest BCUT2D eigenvalue weighted by molar-refractivity contribution is 5.98. The first-order chi connectivity index (χ1) is 14.0. The third-order valence-electron chi connectivity index (χ3n) is 5.83. The van der Waals surface area contributed by atoms with E-state index in [0.717, 1.165) is 50.9 Å². The van der Waals surface area contributed by atoms with E-state index in [9.17, 15) is 4.79 Å². The van der Waals surface area contributed by atoms with Gasteiger partial charge >= 0.3 is 0 Å². The quantitative estimate of drug-likeness (QED) is 0.528. The Balaban J connectivity index is 1.44. The van der Waals surface area contributed by atoms with Crippen LogP contribution < -0.4 is 10.2 Å². The highest BCUT2D eigenvalue weighted by Crippen LogP contribution is 2.16. The molecule has 1 unspecified atom stereocenters. The standard InChI is InChI=1S/C20H36N8O/c1-5-25-6-8-26(9-7-25)14-17(2)12-22-20(21-3)27-10-11-28(19(29)16-27)18-13-23-24(4)15-18/h13,15,17H,5-12,14,16H2,1-4H3,(H,21,22). The summed E-state index contributed by atoms with van der Waals surface area (Å²) in [5.41, 5.74) is 0.858. The lowest BCUT2D eigenvalue weighted by Crippen LogP contribution is -2.56. The highest BCUT2D eigenvalue weighted by Gasteiger charge is 2.28. The Kier molecular flexibility index (Phi) is 7.49. The third-order valence-corrected chi connectivity index (χ3v) is 5.83. The molecule has 0 aliphatic carbocycles. The Morgan fingerprint density at radius 3 is 2.52 bits per heavy atom. The molecule has 2 fully saturated rings. The minimum absolute atomic E-state index is 0.0778. The Bertz CT molecular complexity index is 694. The molecule has 1 aromatic heterocycles. The molecule has 1 N–H and O–H groups in total. The van der Waals surface area contributed by atoms with Gasteiger partial charge in [-0.1, -0.05) is 13.8 Å². The molecule has 9 heteroatoms. The van der Waals surface area contributed by atoms with Crippen molar-refractivity contribution in [1.29, 1.82) is 0 Å². The number of aryl methyl sites for hydroxylation is 1. The monoisotopic (exact) mass is 404 g/mol. The predicted molar refractivity (Wildman–Crippen MR) is 116 cm³/mol. The van der Waals surface area contributed by atoms with Crippen molar-refractivity contribution < 1.29 is 4.79 Å². The Morgan fingerprint density at radius 2 is 1.93 bits per heavy atom. The van der Waals surface area contributed by atoms with E-state index in [1.165, 1.54) is 13.1 Å². The number of anilines is 1. The van der Waals surface area contributed by atoms with Crippen LogP contribution in [-0.2, 0) is 11.8 Å². The van der Waals surface area contributed by atoms with Gasteiger partial charge in [0.05, 0.1) is 11.9 Å². The minimum Gasteiger partial charge on any atom is -0.356 e. The topological polar surface area (TPSA) is 72.2 Å². The number of likely N-dealkylation sites (N-methyl/N-ethyl adjacent to an activating group) is 1. The second-order valence-electron chi connectivity index (χ2n) is 8.11. The van der Waals surface area contributed by atoms with Gasteiger partial charge in [-0.2, -0.15) is 5.10 Å². The number of hydrogen-bond acceptors (Lipinski definition) is 5. The van der Waals surface area contributed by atoms with E-state index in [-0.39, 0.29) is 5.91 Å². The molecule has 0 bridgehead atoms. The maximum absolute atomic E-state index is 12.6. The lowest BCUT2D eigenvalue weighted by atomic mass is 10.1. The van der Waals surface area contributed by atoms with Crippen molar-refractivity contribution in [1.82, 2.24) is 29.8 Å². The second-order valence-corrected chi connectivity index (χ2v) is 8.11. The van der Waals surface area contributed by atoms with Crippen molar-refractivity contribution in [2.75, 3.05) is 77.4 Å². The van der Waals surface area contributed by atoms with E-state index in [0.29, 0.717) is 19.0 Å². The van der Waals surface area contributed by atoms with Gasteiger partial charge in [-0.15, -0.1) is 0 Å². The van der Waals surface area contributed by atoms with Gasteiger partial charge in [-0.3, -0.25) is 14.5 Å². The van der Waals surface area contributed by atoms with E-state index in [1.54, 1.807) is 22.8 Å². The average molecular weight is 405 g/mol. The number of amides is 1. The van der Waals surface area contributed by atoms with Gasteiger partial charge in [-0.25, -0.2) is 0 Å². The summed E-state index contributed by atoms with van der Waals surface area (Å²) in [4.78, 5) is 26.0. The molecular weight excluding hydrogens is 368 g/mol. The number of nitrogens with one attached hydrogen (secondary N) is 1. The summed E-state index contributed by atoms with van der Waals surface area (Å²) < 4.78 is 1.72. The van der Waals surface area contributed by atoms with Crippen LogP contribution in [0.4, 0.5) is 5.69 Å². The third kappa shape index (κ3) is 5.70. The van der Waals surface area contributed by atoms with Crippen molar-refractivity contribution in [2.45, 2.75) is 13.8 Å². The van der Waals surface area contributed by atoms with E-state index in [1.807, 2.05) is 18.1 Å². The number of aliphatic imine (C=N–C) groups is 1. The molecule has 0 aromatic carbocycles. The zero-order valence-electron chi connectivity index (χ0n) is 18.3. The molecule has 0 spiro atoms. The SMILES string of the molecule is CCN1CCN(CC(C)CNC(=NC)N2CCN(c3cnn(C)c3)C(=O)C2)CC1. The molecule has 0 saturated carbocycles. The van der Waals surface area contributed by atoms with Gasteiger partial charge in [0, 0.05) is 72.7 Å². The number of rotatable bonds is 6. The number of aromatic nitrogens is 2. The Hall–Kier alpha value is -2.13. The molecule has 0 radical (unpaired) electrons. The number of nitrogens with zero attached hydrogens (tertiary/aromatic N) is 7. The molecule has 1 aromatic rings. The van der Waals surface area contributed by atoms with Crippen LogP contribution in [0.2, 0.25) is 0 Å². The van der Waals surface area contributed by atoms with Gasteiger partial charge in [-0.05, 0) is 12.5 Å². The summed E-state index contributed by atoms with van der Waals surface area (Å²) in [5.74, 6) is 1.41. The van der Waals surface area contributed by atoms with Crippen LogP contribution in [0.3, 0.4) is 0 Å². The fourth-order valence-electron chi connectivity index (χ4n) is 4.07. The van der Waals surface area contributed by atoms with Crippen LogP contribution in [0.5, 0.6) is 0 Å². The smallest absolute Gasteiger partial charge is 0.246 e. The lowest BCUT2D eigenvalue weighted by molar-refractivity contribution is -0.120. The minimum atomic E-state index is 0.0778. The number of hydrogen-bond donors (Lipinski definition) is 1. The van der Waals surface area contributed by atoms with Crippen LogP contribution in [-0.4, -0.2) is 109 Å². The average Bonchev–Trinajstić information content (AvgIpc) is 3.15. The first-order valence-corrected chi connectivity index (χ1v) is 10.7. The summed E-state index contributed by atoms with van der Waals surface area (Å²) in [5, 5.41) is 7.65. The van der Waals surface area contributed by atoms with Gasteiger partial charge in [0.1, 0.15) is 6.54 Å². The molecule has 3 heterocycles. The van der Waals surface area contributed by atoms with Crippen molar-refractivity contribution in [3.8, 4) is 0 Å². The number of piperazine rings is 2. The molecule has 1 atom stereocenters. The summed E-state index contributed by atoms with van der Waals surface area (Å²) in [6.07, 6.45) is 3.62. The Morgan fingerprint density at radius 1 is 1.21 bits per heavy atom. The molecule has 29 heavy (non-hydrogen) atoms.